The molecule has 0 aromatic heterocycles. The van der Waals surface area contributed by atoms with Gasteiger partial charge in [-0.05, 0) is 38.0 Å². The van der Waals surface area contributed by atoms with Crippen molar-refractivity contribution in [1.82, 2.24) is 10.2 Å². The summed E-state index contributed by atoms with van der Waals surface area (Å²) in [5.74, 6) is 0.326. The monoisotopic (exact) mass is 267 g/mol. The first-order chi connectivity index (χ1) is 8.99. The van der Waals surface area contributed by atoms with Gasteiger partial charge in [-0.1, -0.05) is 13.8 Å². The van der Waals surface area contributed by atoms with E-state index in [1.165, 1.54) is 0 Å². The molecule has 19 heavy (non-hydrogen) atoms. The number of hydrogen-bond acceptors (Lipinski definition) is 3. The van der Waals surface area contributed by atoms with E-state index < -0.39 is 6.04 Å². The molecule has 0 aromatic rings. The van der Waals surface area contributed by atoms with Gasteiger partial charge < -0.3 is 16.0 Å². The highest BCUT2D eigenvalue weighted by atomic mass is 16.2. The SMILES string of the molecule is CC(C)C[C@@H](N)C(=O)N1CCCC1C(=O)NC1CC1. The van der Waals surface area contributed by atoms with Crippen molar-refractivity contribution in [3.05, 3.63) is 0 Å². The normalized spacial score (nSPS) is 24.6. The van der Waals surface area contributed by atoms with Crippen molar-refractivity contribution in [3.8, 4) is 0 Å². The van der Waals surface area contributed by atoms with Gasteiger partial charge in [0.1, 0.15) is 6.04 Å². The summed E-state index contributed by atoms with van der Waals surface area (Å²) in [5, 5.41) is 2.99. The smallest absolute Gasteiger partial charge is 0.243 e. The summed E-state index contributed by atoms with van der Waals surface area (Å²) in [6, 6.07) is -0.435. The van der Waals surface area contributed by atoms with E-state index in [-0.39, 0.29) is 17.9 Å². The standard InChI is InChI=1S/C14H25N3O2/c1-9(2)8-11(15)14(19)17-7-3-4-12(17)13(18)16-10-5-6-10/h9-12H,3-8,15H2,1-2H3,(H,16,18)/t11-,12?/m1/s1. The minimum atomic E-state index is -0.477. The van der Waals surface area contributed by atoms with Crippen LogP contribution in [-0.2, 0) is 9.59 Å². The number of carbonyl (C=O) groups is 2. The molecule has 2 rings (SSSR count). The van der Waals surface area contributed by atoms with Crippen molar-refractivity contribution in [2.75, 3.05) is 6.54 Å². The molecule has 1 saturated heterocycles. The van der Waals surface area contributed by atoms with Gasteiger partial charge in [-0.15, -0.1) is 0 Å². The molecule has 3 N–H and O–H groups in total. The van der Waals surface area contributed by atoms with Gasteiger partial charge in [0.05, 0.1) is 6.04 Å². The van der Waals surface area contributed by atoms with Gasteiger partial charge in [-0.25, -0.2) is 0 Å². The molecule has 1 unspecified atom stereocenters. The molecule has 1 saturated carbocycles. The molecule has 0 bridgehead atoms. The zero-order valence-electron chi connectivity index (χ0n) is 11.9. The quantitative estimate of drug-likeness (QED) is 0.767. The minimum absolute atomic E-state index is 0.00472. The summed E-state index contributed by atoms with van der Waals surface area (Å²) in [6.07, 6.45) is 4.46. The van der Waals surface area contributed by atoms with Crippen LogP contribution in [0.3, 0.4) is 0 Å². The molecule has 0 radical (unpaired) electrons. The van der Waals surface area contributed by atoms with Crippen molar-refractivity contribution in [3.63, 3.8) is 0 Å². The van der Waals surface area contributed by atoms with Crippen LogP contribution in [0.1, 0.15) is 46.0 Å². The lowest BCUT2D eigenvalue weighted by Gasteiger charge is -2.27. The average Bonchev–Trinajstić information content (AvgIpc) is 3.01. The lowest BCUT2D eigenvalue weighted by molar-refractivity contribution is -0.139. The molecule has 1 aliphatic heterocycles. The molecule has 108 valence electrons. The molecule has 0 spiro atoms. The van der Waals surface area contributed by atoms with Crippen molar-refractivity contribution in [1.29, 1.82) is 0 Å². The van der Waals surface area contributed by atoms with Crippen molar-refractivity contribution < 1.29 is 9.59 Å². The number of nitrogens with zero attached hydrogens (tertiary/aromatic N) is 1. The second-order valence-corrected chi connectivity index (χ2v) is 6.21. The highest BCUT2D eigenvalue weighted by molar-refractivity contribution is 5.90. The number of amides is 2. The highest BCUT2D eigenvalue weighted by Gasteiger charge is 2.37. The van der Waals surface area contributed by atoms with Crippen LogP contribution in [0, 0.1) is 5.92 Å². The molecular formula is C14H25N3O2. The summed E-state index contributed by atoms with van der Waals surface area (Å²) in [4.78, 5) is 26.1. The third kappa shape index (κ3) is 3.69. The van der Waals surface area contributed by atoms with E-state index in [1.54, 1.807) is 4.90 Å². The first kappa shape index (κ1) is 14.3. The van der Waals surface area contributed by atoms with Gasteiger partial charge in [-0.2, -0.15) is 0 Å². The van der Waals surface area contributed by atoms with Crippen molar-refractivity contribution >= 4 is 11.8 Å². The fraction of sp³-hybridized carbons (Fsp3) is 0.857. The Morgan fingerprint density at radius 2 is 2.00 bits per heavy atom. The van der Waals surface area contributed by atoms with Crippen molar-refractivity contribution in [2.45, 2.75) is 64.1 Å². The van der Waals surface area contributed by atoms with Crippen molar-refractivity contribution in [2.24, 2.45) is 11.7 Å². The predicted octanol–water partition coefficient (Wildman–Crippen LogP) is 0.629. The summed E-state index contributed by atoms with van der Waals surface area (Å²) < 4.78 is 0. The zero-order chi connectivity index (χ0) is 14.0. The van der Waals surface area contributed by atoms with Gasteiger partial charge in [0.25, 0.3) is 0 Å². The molecule has 1 aliphatic carbocycles. The van der Waals surface area contributed by atoms with Crippen LogP contribution in [0.15, 0.2) is 0 Å². The van der Waals surface area contributed by atoms with Crippen LogP contribution in [-0.4, -0.2) is 41.4 Å². The maximum Gasteiger partial charge on any atom is 0.243 e. The molecule has 2 atom stereocenters. The van der Waals surface area contributed by atoms with Crippen LogP contribution in [0.5, 0.6) is 0 Å². The van der Waals surface area contributed by atoms with E-state index in [2.05, 4.69) is 19.2 Å². The minimum Gasteiger partial charge on any atom is -0.352 e. The van der Waals surface area contributed by atoms with Gasteiger partial charge in [-0.3, -0.25) is 9.59 Å². The fourth-order valence-electron chi connectivity index (χ4n) is 2.65. The molecule has 2 amide bonds. The number of nitrogens with one attached hydrogen (secondary N) is 1. The van der Waals surface area contributed by atoms with Gasteiger partial charge in [0.15, 0.2) is 0 Å². The number of carbonyl (C=O) groups excluding carboxylic acids is 2. The van der Waals surface area contributed by atoms with E-state index in [9.17, 15) is 9.59 Å². The molecule has 0 aromatic carbocycles. The second kappa shape index (κ2) is 5.90. The molecule has 5 heteroatoms. The number of hydrogen-bond donors (Lipinski definition) is 2. The van der Waals surface area contributed by atoms with E-state index in [0.717, 1.165) is 25.7 Å². The van der Waals surface area contributed by atoms with E-state index in [1.807, 2.05) is 0 Å². The number of likely N-dealkylation sites (tertiary alicyclic amines) is 1. The largest absolute Gasteiger partial charge is 0.352 e. The Bertz CT molecular complexity index is 353. The zero-order valence-corrected chi connectivity index (χ0v) is 11.9. The fourth-order valence-corrected chi connectivity index (χ4v) is 2.65. The second-order valence-electron chi connectivity index (χ2n) is 6.21. The Kier molecular flexibility index (Phi) is 4.45. The molecule has 2 fully saturated rings. The summed E-state index contributed by atoms with van der Waals surface area (Å²) in [7, 11) is 0. The number of nitrogens with two attached hydrogens (primary N) is 1. The Morgan fingerprint density at radius 3 is 2.58 bits per heavy atom. The van der Waals surface area contributed by atoms with Crippen LogP contribution >= 0.6 is 0 Å². The first-order valence-corrected chi connectivity index (χ1v) is 7.35. The van der Waals surface area contributed by atoms with E-state index >= 15 is 0 Å². The summed E-state index contributed by atoms with van der Waals surface area (Å²) >= 11 is 0. The summed E-state index contributed by atoms with van der Waals surface area (Å²) in [5.41, 5.74) is 5.95. The average molecular weight is 267 g/mol. The molecule has 2 aliphatic rings. The molecule has 5 nitrogen and oxygen atoms in total. The Labute approximate surface area is 114 Å². The van der Waals surface area contributed by atoms with Crippen LogP contribution in [0.25, 0.3) is 0 Å². The lowest BCUT2D eigenvalue weighted by atomic mass is 10.0. The van der Waals surface area contributed by atoms with Crippen LogP contribution in [0.2, 0.25) is 0 Å². The van der Waals surface area contributed by atoms with Gasteiger partial charge in [0.2, 0.25) is 11.8 Å². The summed E-state index contributed by atoms with van der Waals surface area (Å²) in [6.45, 7) is 4.76. The number of rotatable bonds is 5. The van der Waals surface area contributed by atoms with Crippen LogP contribution < -0.4 is 11.1 Å². The topological polar surface area (TPSA) is 75.4 Å². The highest BCUT2D eigenvalue weighted by Crippen LogP contribution is 2.23. The lowest BCUT2D eigenvalue weighted by Crippen LogP contribution is -2.51. The maximum absolute atomic E-state index is 12.3. The predicted molar refractivity (Wildman–Crippen MR) is 73.3 cm³/mol. The maximum atomic E-state index is 12.3. The molecular weight excluding hydrogens is 242 g/mol. The van der Waals surface area contributed by atoms with Crippen LogP contribution in [0.4, 0.5) is 0 Å². The Morgan fingerprint density at radius 1 is 1.32 bits per heavy atom. The Hall–Kier alpha value is -1.10. The Balaban J connectivity index is 1.93. The van der Waals surface area contributed by atoms with Gasteiger partial charge in [0, 0.05) is 12.6 Å². The van der Waals surface area contributed by atoms with Gasteiger partial charge >= 0.3 is 0 Å². The first-order valence-electron chi connectivity index (χ1n) is 7.35. The third-order valence-corrected chi connectivity index (χ3v) is 3.80. The third-order valence-electron chi connectivity index (χ3n) is 3.80. The molecule has 1 heterocycles. The van der Waals surface area contributed by atoms with E-state index in [4.69, 9.17) is 5.73 Å². The van der Waals surface area contributed by atoms with E-state index in [0.29, 0.717) is 24.9 Å².